The molecule has 3 aromatic rings. The molecule has 4 rings (SSSR count). The van der Waals surface area contributed by atoms with Gasteiger partial charge < -0.3 is 10.1 Å². The Morgan fingerprint density at radius 3 is 2.09 bits per heavy atom. The molecule has 0 aliphatic heterocycles. The summed E-state index contributed by atoms with van der Waals surface area (Å²) >= 11 is 0. The van der Waals surface area contributed by atoms with Gasteiger partial charge in [-0.3, -0.25) is 19.2 Å². The molecule has 1 aliphatic rings. The molecule has 1 amide bonds. The van der Waals surface area contributed by atoms with Crippen molar-refractivity contribution in [1.29, 1.82) is 0 Å². The summed E-state index contributed by atoms with van der Waals surface area (Å²) < 4.78 is 5.13. The van der Waals surface area contributed by atoms with E-state index in [0.29, 0.717) is 6.42 Å². The van der Waals surface area contributed by atoms with Crippen LogP contribution in [0.1, 0.15) is 54.7 Å². The highest BCUT2D eigenvalue weighted by Gasteiger charge is 2.33. The van der Waals surface area contributed by atoms with Crippen LogP contribution in [0.5, 0.6) is 0 Å². The quantitative estimate of drug-likeness (QED) is 0.430. The molecule has 0 bridgehead atoms. The van der Waals surface area contributed by atoms with Gasteiger partial charge in [0, 0.05) is 22.3 Å². The second-order valence-electron chi connectivity index (χ2n) is 7.93. The number of ether oxygens (including phenoxy) is 1. The number of carbonyl (C=O) groups is 5. The largest absolute Gasteiger partial charge is 0.452 e. The van der Waals surface area contributed by atoms with Crippen molar-refractivity contribution in [2.45, 2.75) is 19.4 Å². The van der Waals surface area contributed by atoms with E-state index in [0.717, 1.165) is 5.56 Å². The van der Waals surface area contributed by atoms with Gasteiger partial charge in [0.05, 0.1) is 11.6 Å². The van der Waals surface area contributed by atoms with Crippen LogP contribution in [0.25, 0.3) is 0 Å². The van der Waals surface area contributed by atoms with Crippen LogP contribution in [0.3, 0.4) is 0 Å². The average Bonchev–Trinajstić information content (AvgIpc) is 2.85. The maximum atomic E-state index is 13.0. The smallest absolute Gasteiger partial charge is 0.339 e. The summed E-state index contributed by atoms with van der Waals surface area (Å²) in [5.74, 6) is -2.61. The Morgan fingerprint density at radius 2 is 1.41 bits per heavy atom. The fourth-order valence-electron chi connectivity index (χ4n) is 3.91. The van der Waals surface area contributed by atoms with E-state index in [1.807, 2.05) is 30.3 Å². The Balaban J connectivity index is 1.47. The number of amides is 1. The second kappa shape index (κ2) is 9.62. The maximum Gasteiger partial charge on any atom is 0.339 e. The summed E-state index contributed by atoms with van der Waals surface area (Å²) in [5, 5.41) is 2.58. The third-order valence-corrected chi connectivity index (χ3v) is 5.62. The van der Waals surface area contributed by atoms with Crippen LogP contribution in [0.4, 0.5) is 0 Å². The molecular formula is C27H21NO6. The fourth-order valence-corrected chi connectivity index (χ4v) is 3.91. The third kappa shape index (κ3) is 4.54. The van der Waals surface area contributed by atoms with Crippen molar-refractivity contribution < 1.29 is 28.7 Å². The molecule has 0 fully saturated rings. The predicted octanol–water partition coefficient (Wildman–Crippen LogP) is 2.94. The molecule has 0 heterocycles. The van der Waals surface area contributed by atoms with Crippen molar-refractivity contribution in [1.82, 2.24) is 5.32 Å². The highest BCUT2D eigenvalue weighted by molar-refractivity contribution is 6.30. The lowest BCUT2D eigenvalue weighted by molar-refractivity contribution is -0.128. The number of carbonyl (C=O) groups excluding carboxylic acids is 5. The zero-order valence-electron chi connectivity index (χ0n) is 18.4. The van der Waals surface area contributed by atoms with Crippen molar-refractivity contribution in [3.05, 3.63) is 106 Å². The SMILES string of the molecule is CC(=O)[C@@H](Cc1ccccc1)NC(=O)COC(=O)c1cccc2c1C(=O)c1ccccc1C2=O. The minimum Gasteiger partial charge on any atom is -0.452 e. The molecule has 7 nitrogen and oxygen atoms in total. The number of fused-ring (bicyclic) bond motifs is 2. The summed E-state index contributed by atoms with van der Waals surface area (Å²) in [5.41, 5.74) is 1.34. The van der Waals surface area contributed by atoms with Gasteiger partial charge >= 0.3 is 5.97 Å². The molecule has 0 unspecified atom stereocenters. The van der Waals surface area contributed by atoms with Crippen molar-refractivity contribution in [3.8, 4) is 0 Å². The van der Waals surface area contributed by atoms with Crippen LogP contribution in [-0.2, 0) is 20.7 Å². The Hall–Kier alpha value is -4.39. The summed E-state index contributed by atoms with van der Waals surface area (Å²) in [7, 11) is 0. The summed E-state index contributed by atoms with van der Waals surface area (Å²) in [4.78, 5) is 63.0. The maximum absolute atomic E-state index is 13.0. The molecule has 0 saturated heterocycles. The molecular weight excluding hydrogens is 434 g/mol. The Kier molecular flexibility index (Phi) is 6.45. The first kappa shape index (κ1) is 22.8. The lowest BCUT2D eigenvalue weighted by atomic mass is 9.82. The number of hydrogen-bond acceptors (Lipinski definition) is 6. The van der Waals surface area contributed by atoms with E-state index >= 15 is 0 Å². The Morgan fingerprint density at radius 1 is 0.794 bits per heavy atom. The number of hydrogen-bond donors (Lipinski definition) is 1. The minimum absolute atomic E-state index is 0.0395. The van der Waals surface area contributed by atoms with Crippen LogP contribution < -0.4 is 5.32 Å². The van der Waals surface area contributed by atoms with Gasteiger partial charge in [0.2, 0.25) is 0 Å². The van der Waals surface area contributed by atoms with E-state index in [-0.39, 0.29) is 39.4 Å². The number of ketones is 3. The Labute approximate surface area is 195 Å². The predicted molar refractivity (Wildman–Crippen MR) is 123 cm³/mol. The van der Waals surface area contributed by atoms with Crippen LogP contribution in [0.2, 0.25) is 0 Å². The molecule has 0 radical (unpaired) electrons. The molecule has 34 heavy (non-hydrogen) atoms. The van der Waals surface area contributed by atoms with Crippen molar-refractivity contribution in [3.63, 3.8) is 0 Å². The van der Waals surface area contributed by atoms with Gasteiger partial charge in [-0.15, -0.1) is 0 Å². The topological polar surface area (TPSA) is 107 Å². The monoisotopic (exact) mass is 455 g/mol. The lowest BCUT2D eigenvalue weighted by Crippen LogP contribution is -2.43. The molecule has 1 atom stereocenters. The van der Waals surface area contributed by atoms with Crippen LogP contribution >= 0.6 is 0 Å². The Bertz CT molecular complexity index is 1310. The van der Waals surface area contributed by atoms with E-state index < -0.39 is 30.3 Å². The summed E-state index contributed by atoms with van der Waals surface area (Å²) in [6.45, 7) is 0.733. The van der Waals surface area contributed by atoms with E-state index in [1.165, 1.54) is 31.2 Å². The standard InChI is InChI=1S/C27H21NO6/c1-16(29)22(14-17-8-3-2-4-9-17)28-23(30)15-34-27(33)21-13-7-12-20-24(21)26(32)19-11-6-5-10-18(19)25(20)31/h2-13,22H,14-15H2,1H3,(H,28,30)/t22-/m1/s1. The van der Waals surface area contributed by atoms with Crippen molar-refractivity contribution in [2.24, 2.45) is 0 Å². The molecule has 1 aliphatic carbocycles. The first-order chi connectivity index (χ1) is 16.4. The van der Waals surface area contributed by atoms with E-state index in [4.69, 9.17) is 4.74 Å². The van der Waals surface area contributed by atoms with Crippen LogP contribution in [-0.4, -0.2) is 41.9 Å². The van der Waals surface area contributed by atoms with E-state index in [2.05, 4.69) is 5.32 Å². The lowest BCUT2D eigenvalue weighted by Gasteiger charge is -2.19. The zero-order chi connectivity index (χ0) is 24.2. The molecule has 7 heteroatoms. The van der Waals surface area contributed by atoms with E-state index in [9.17, 15) is 24.0 Å². The van der Waals surface area contributed by atoms with Crippen molar-refractivity contribution in [2.75, 3.05) is 6.61 Å². The van der Waals surface area contributed by atoms with Crippen LogP contribution in [0.15, 0.2) is 72.8 Å². The molecule has 170 valence electrons. The van der Waals surface area contributed by atoms with Gasteiger partial charge in [-0.1, -0.05) is 66.7 Å². The molecule has 0 saturated carbocycles. The molecule has 1 N–H and O–H groups in total. The van der Waals surface area contributed by atoms with E-state index in [1.54, 1.807) is 18.2 Å². The highest BCUT2D eigenvalue weighted by Crippen LogP contribution is 2.29. The van der Waals surface area contributed by atoms with Gasteiger partial charge in [-0.25, -0.2) is 4.79 Å². The fraction of sp³-hybridized carbons (Fsp3) is 0.148. The van der Waals surface area contributed by atoms with Gasteiger partial charge in [-0.2, -0.15) is 0 Å². The highest BCUT2D eigenvalue weighted by atomic mass is 16.5. The molecule has 0 aromatic heterocycles. The molecule has 0 spiro atoms. The van der Waals surface area contributed by atoms with Crippen LogP contribution in [0, 0.1) is 0 Å². The first-order valence-electron chi connectivity index (χ1n) is 10.7. The number of Topliss-reactive ketones (excluding diaryl/α,β-unsaturated/α-hetero) is 1. The number of rotatable bonds is 7. The third-order valence-electron chi connectivity index (χ3n) is 5.62. The minimum atomic E-state index is -0.907. The van der Waals surface area contributed by atoms with Gasteiger partial charge in [0.15, 0.2) is 24.0 Å². The first-order valence-corrected chi connectivity index (χ1v) is 10.7. The van der Waals surface area contributed by atoms with Gasteiger partial charge in [0.1, 0.15) is 0 Å². The normalized spacial score (nSPS) is 12.9. The average molecular weight is 455 g/mol. The number of nitrogens with one attached hydrogen (secondary N) is 1. The van der Waals surface area contributed by atoms with Gasteiger partial charge in [0.25, 0.3) is 5.91 Å². The molecule has 3 aromatic carbocycles. The number of benzene rings is 3. The zero-order valence-corrected chi connectivity index (χ0v) is 18.4. The van der Waals surface area contributed by atoms with Crippen molar-refractivity contribution >= 4 is 29.2 Å². The summed E-state index contributed by atoms with van der Waals surface area (Å²) in [6.07, 6.45) is 0.304. The second-order valence-corrected chi connectivity index (χ2v) is 7.93. The number of esters is 1. The van der Waals surface area contributed by atoms with Gasteiger partial charge in [-0.05, 0) is 25.0 Å². The summed E-state index contributed by atoms with van der Waals surface area (Å²) in [6, 6.07) is 19.2.